The zero-order valence-corrected chi connectivity index (χ0v) is 10.0. The van der Waals surface area contributed by atoms with Crippen molar-refractivity contribution in [3.05, 3.63) is 23.8 Å². The van der Waals surface area contributed by atoms with Gasteiger partial charge in [-0.3, -0.25) is 4.79 Å². The monoisotopic (exact) mass is 242 g/mol. The quantitative estimate of drug-likeness (QED) is 0.771. The largest absolute Gasteiger partial charge is 0.493 e. The average molecular weight is 242 g/mol. The van der Waals surface area contributed by atoms with E-state index in [0.29, 0.717) is 17.9 Å². The minimum absolute atomic E-state index is 0.346. The molecule has 0 bridgehead atoms. The standard InChI is InChI=1S/C11H14O4S/c1-14-8-4-3-7(5-9(8)15-2)6-10(16)11(12)13/h3-5,10,16H,6H2,1-2H3,(H,12,13). The number of hydrogen-bond donors (Lipinski definition) is 2. The average Bonchev–Trinajstić information content (AvgIpc) is 2.28. The number of benzene rings is 1. The summed E-state index contributed by atoms with van der Waals surface area (Å²) in [7, 11) is 3.09. The highest BCUT2D eigenvalue weighted by atomic mass is 32.1. The normalized spacial score (nSPS) is 11.9. The van der Waals surface area contributed by atoms with E-state index in [1.165, 1.54) is 7.11 Å². The van der Waals surface area contributed by atoms with Gasteiger partial charge in [0.15, 0.2) is 11.5 Å². The van der Waals surface area contributed by atoms with Gasteiger partial charge in [-0.05, 0) is 24.1 Å². The Hall–Kier alpha value is -1.36. The molecule has 0 amide bonds. The SMILES string of the molecule is COc1ccc(CC(S)C(=O)O)cc1OC. The third kappa shape index (κ3) is 3.06. The Labute approximate surface area is 99.6 Å². The Morgan fingerprint density at radius 3 is 2.50 bits per heavy atom. The van der Waals surface area contributed by atoms with Crippen molar-refractivity contribution in [2.75, 3.05) is 14.2 Å². The predicted octanol–water partition coefficient (Wildman–Crippen LogP) is 1.63. The molecule has 1 rings (SSSR count). The summed E-state index contributed by atoms with van der Waals surface area (Å²) in [5, 5.41) is 8.03. The molecular formula is C11H14O4S. The van der Waals surface area contributed by atoms with Crippen LogP contribution in [-0.4, -0.2) is 30.5 Å². The Morgan fingerprint density at radius 1 is 1.38 bits per heavy atom. The first-order valence-corrected chi connectivity index (χ1v) is 5.22. The van der Waals surface area contributed by atoms with Gasteiger partial charge in [-0.25, -0.2) is 0 Å². The molecule has 1 aromatic carbocycles. The van der Waals surface area contributed by atoms with Crippen LogP contribution in [0.25, 0.3) is 0 Å². The lowest BCUT2D eigenvalue weighted by atomic mass is 10.1. The van der Waals surface area contributed by atoms with Crippen LogP contribution in [0, 0.1) is 0 Å². The van der Waals surface area contributed by atoms with Gasteiger partial charge in [0.1, 0.15) is 5.25 Å². The molecule has 0 aliphatic heterocycles. The van der Waals surface area contributed by atoms with Crippen molar-refractivity contribution in [2.45, 2.75) is 11.7 Å². The highest BCUT2D eigenvalue weighted by Gasteiger charge is 2.14. The fraction of sp³-hybridized carbons (Fsp3) is 0.364. The van der Waals surface area contributed by atoms with Crippen molar-refractivity contribution in [2.24, 2.45) is 0 Å². The number of thiol groups is 1. The number of carbonyl (C=O) groups is 1. The third-order valence-electron chi connectivity index (χ3n) is 2.16. The minimum atomic E-state index is -0.932. The second kappa shape index (κ2) is 5.65. The summed E-state index contributed by atoms with van der Waals surface area (Å²) in [4.78, 5) is 10.6. The topological polar surface area (TPSA) is 55.8 Å². The van der Waals surface area contributed by atoms with E-state index in [0.717, 1.165) is 5.56 Å². The fourth-order valence-electron chi connectivity index (χ4n) is 1.32. The smallest absolute Gasteiger partial charge is 0.316 e. The van der Waals surface area contributed by atoms with Crippen LogP contribution >= 0.6 is 12.6 Å². The lowest BCUT2D eigenvalue weighted by Gasteiger charge is -2.10. The zero-order valence-electron chi connectivity index (χ0n) is 9.14. The summed E-state index contributed by atoms with van der Waals surface area (Å²) in [6.07, 6.45) is 0.346. The van der Waals surface area contributed by atoms with Crippen molar-refractivity contribution in [3.63, 3.8) is 0 Å². The van der Waals surface area contributed by atoms with Crippen LogP contribution < -0.4 is 9.47 Å². The van der Waals surface area contributed by atoms with E-state index in [1.807, 2.05) is 0 Å². The lowest BCUT2D eigenvalue weighted by Crippen LogP contribution is -2.16. The van der Waals surface area contributed by atoms with Crippen LogP contribution in [-0.2, 0) is 11.2 Å². The van der Waals surface area contributed by atoms with E-state index in [-0.39, 0.29) is 0 Å². The van der Waals surface area contributed by atoms with Crippen LogP contribution in [0.5, 0.6) is 11.5 Å². The molecule has 0 saturated heterocycles. The minimum Gasteiger partial charge on any atom is -0.493 e. The predicted molar refractivity (Wildman–Crippen MR) is 63.7 cm³/mol. The summed E-state index contributed by atoms with van der Waals surface area (Å²) in [6.45, 7) is 0. The fourth-order valence-corrected chi connectivity index (χ4v) is 1.53. The summed E-state index contributed by atoms with van der Waals surface area (Å²) in [5.41, 5.74) is 0.847. The van der Waals surface area contributed by atoms with Gasteiger partial charge >= 0.3 is 5.97 Å². The van der Waals surface area contributed by atoms with Gasteiger partial charge in [0.25, 0.3) is 0 Å². The van der Waals surface area contributed by atoms with Gasteiger partial charge in [-0.15, -0.1) is 0 Å². The molecule has 1 N–H and O–H groups in total. The second-order valence-corrected chi connectivity index (χ2v) is 3.87. The first-order chi connectivity index (χ1) is 7.58. The lowest BCUT2D eigenvalue weighted by molar-refractivity contribution is -0.136. The van der Waals surface area contributed by atoms with Gasteiger partial charge in [0.05, 0.1) is 14.2 Å². The Balaban J connectivity index is 2.86. The number of hydrogen-bond acceptors (Lipinski definition) is 4. The molecule has 0 aliphatic rings. The molecule has 0 fully saturated rings. The first kappa shape index (κ1) is 12.7. The molecular weight excluding hydrogens is 228 g/mol. The molecule has 88 valence electrons. The first-order valence-electron chi connectivity index (χ1n) is 4.70. The number of methoxy groups -OCH3 is 2. The number of carboxylic acid groups (broad SMARTS) is 1. The van der Waals surface area contributed by atoms with Gasteiger partial charge < -0.3 is 14.6 Å². The van der Waals surface area contributed by atoms with E-state index in [4.69, 9.17) is 14.6 Å². The van der Waals surface area contributed by atoms with E-state index >= 15 is 0 Å². The van der Waals surface area contributed by atoms with Crippen LogP contribution in [0.4, 0.5) is 0 Å². The van der Waals surface area contributed by atoms with Crippen molar-refractivity contribution >= 4 is 18.6 Å². The zero-order chi connectivity index (χ0) is 12.1. The maximum Gasteiger partial charge on any atom is 0.316 e. The van der Waals surface area contributed by atoms with Crippen LogP contribution in [0.1, 0.15) is 5.56 Å². The highest BCUT2D eigenvalue weighted by molar-refractivity contribution is 7.81. The van der Waals surface area contributed by atoms with Crippen LogP contribution in [0.3, 0.4) is 0 Å². The summed E-state index contributed by atoms with van der Waals surface area (Å²) >= 11 is 3.98. The molecule has 0 spiro atoms. The summed E-state index contributed by atoms with van der Waals surface area (Å²) in [6, 6.07) is 5.30. The number of rotatable bonds is 5. The van der Waals surface area contributed by atoms with Crippen molar-refractivity contribution in [3.8, 4) is 11.5 Å². The summed E-state index contributed by atoms with van der Waals surface area (Å²) in [5.74, 6) is 0.279. The molecule has 0 saturated carbocycles. The summed E-state index contributed by atoms with van der Waals surface area (Å²) < 4.78 is 10.2. The van der Waals surface area contributed by atoms with E-state index < -0.39 is 11.2 Å². The molecule has 0 radical (unpaired) electrons. The Bertz CT molecular complexity index is 378. The van der Waals surface area contributed by atoms with E-state index in [1.54, 1.807) is 25.3 Å². The van der Waals surface area contributed by atoms with Gasteiger partial charge in [-0.1, -0.05) is 6.07 Å². The Kier molecular flexibility index (Phi) is 4.49. The molecule has 1 atom stereocenters. The van der Waals surface area contributed by atoms with Crippen LogP contribution in [0.15, 0.2) is 18.2 Å². The number of carboxylic acids is 1. The molecule has 4 nitrogen and oxygen atoms in total. The van der Waals surface area contributed by atoms with Crippen molar-refractivity contribution in [1.29, 1.82) is 0 Å². The van der Waals surface area contributed by atoms with Crippen LogP contribution in [0.2, 0.25) is 0 Å². The maximum atomic E-state index is 10.6. The molecule has 1 aromatic rings. The maximum absolute atomic E-state index is 10.6. The van der Waals surface area contributed by atoms with Crippen molar-refractivity contribution in [1.82, 2.24) is 0 Å². The van der Waals surface area contributed by atoms with E-state index in [9.17, 15) is 4.79 Å². The second-order valence-electron chi connectivity index (χ2n) is 3.25. The van der Waals surface area contributed by atoms with E-state index in [2.05, 4.69) is 12.6 Å². The molecule has 5 heteroatoms. The molecule has 16 heavy (non-hydrogen) atoms. The number of ether oxygens (including phenoxy) is 2. The molecule has 0 aliphatic carbocycles. The molecule has 0 heterocycles. The Morgan fingerprint density at radius 2 is 2.00 bits per heavy atom. The molecule has 1 unspecified atom stereocenters. The van der Waals surface area contributed by atoms with Gasteiger partial charge in [0, 0.05) is 0 Å². The third-order valence-corrected chi connectivity index (χ3v) is 2.57. The number of aliphatic carboxylic acids is 1. The van der Waals surface area contributed by atoms with Crippen molar-refractivity contribution < 1.29 is 19.4 Å². The highest BCUT2D eigenvalue weighted by Crippen LogP contribution is 2.28. The van der Waals surface area contributed by atoms with Gasteiger partial charge in [0.2, 0.25) is 0 Å². The molecule has 0 aromatic heterocycles. The van der Waals surface area contributed by atoms with Gasteiger partial charge in [-0.2, -0.15) is 12.6 Å².